The predicted octanol–water partition coefficient (Wildman–Crippen LogP) is 2.44. The second kappa shape index (κ2) is 6.92. The molecule has 1 aliphatic heterocycles. The van der Waals surface area contributed by atoms with Crippen LogP contribution in [-0.4, -0.2) is 27.8 Å². The molecule has 0 aromatic heterocycles. The predicted molar refractivity (Wildman–Crippen MR) is 80.7 cm³/mol. The Labute approximate surface area is 137 Å². The van der Waals surface area contributed by atoms with E-state index in [4.69, 9.17) is 0 Å². The van der Waals surface area contributed by atoms with Crippen molar-refractivity contribution in [2.24, 2.45) is 10.9 Å². The van der Waals surface area contributed by atoms with Gasteiger partial charge in [-0.05, 0) is 29.2 Å². The van der Waals surface area contributed by atoms with E-state index in [1.54, 1.807) is 19.2 Å². The molecule has 0 saturated heterocycles. The molecule has 5 nitrogen and oxygen atoms in total. The quantitative estimate of drug-likeness (QED) is 0.840. The zero-order valence-electron chi connectivity index (χ0n) is 12.5. The summed E-state index contributed by atoms with van der Waals surface area (Å²) in [6.45, 7) is 6.29. The van der Waals surface area contributed by atoms with E-state index >= 15 is 0 Å². The normalized spacial score (nSPS) is 19.3. The molecule has 1 heterocycles. The number of fused-ring (bicyclic) bond motifs is 1. The van der Waals surface area contributed by atoms with Crippen LogP contribution in [0.3, 0.4) is 0 Å². The average Bonchev–Trinajstić information content (AvgIpc) is 2.73. The van der Waals surface area contributed by atoms with E-state index in [1.165, 1.54) is 0 Å². The first-order valence-electron chi connectivity index (χ1n) is 6.67. The topological polar surface area (TPSA) is 72.6 Å². The van der Waals surface area contributed by atoms with Gasteiger partial charge >= 0.3 is 17.1 Å². The van der Waals surface area contributed by atoms with Gasteiger partial charge in [-0.15, -0.1) is 0 Å². The number of nitrogens with one attached hydrogen (secondary N) is 1. The summed E-state index contributed by atoms with van der Waals surface area (Å²) in [5.41, 5.74) is 1.55. The summed E-state index contributed by atoms with van der Waals surface area (Å²) in [5, 5.41) is 4.40. The summed E-state index contributed by atoms with van der Waals surface area (Å²) >= 11 is 0. The van der Waals surface area contributed by atoms with Crippen LogP contribution in [0.15, 0.2) is 28.1 Å². The van der Waals surface area contributed by atoms with E-state index in [0.29, 0.717) is 17.9 Å². The van der Waals surface area contributed by atoms with E-state index < -0.39 is 10.0 Å². The van der Waals surface area contributed by atoms with Crippen LogP contribution in [0.2, 0.25) is 0 Å². The second-order valence-corrected chi connectivity index (χ2v) is 7.05. The van der Waals surface area contributed by atoms with Gasteiger partial charge in [0.2, 0.25) is 10.0 Å². The molecule has 1 aliphatic rings. The van der Waals surface area contributed by atoms with Gasteiger partial charge in [-0.1, -0.05) is 45.8 Å². The van der Waals surface area contributed by atoms with Crippen molar-refractivity contribution in [1.29, 1.82) is 0 Å². The van der Waals surface area contributed by atoms with E-state index in [0.717, 1.165) is 5.56 Å². The molecule has 0 fully saturated rings. The maximum absolute atomic E-state index is 12.5. The number of aliphatic imine (C=N–C) groups is 1. The number of rotatable bonds is 4. The first kappa shape index (κ1) is 18.2. The van der Waals surface area contributed by atoms with Gasteiger partial charge in [0.15, 0.2) is 0 Å². The van der Waals surface area contributed by atoms with E-state index in [-0.39, 0.29) is 33.9 Å². The number of hydrogen-bond donors (Lipinski definition) is 1. The molecule has 0 radical (unpaired) electrons. The number of amidine groups is 1. The van der Waals surface area contributed by atoms with Crippen LogP contribution in [-0.2, 0) is 27.1 Å². The molecule has 0 aliphatic carbocycles. The van der Waals surface area contributed by atoms with Crippen molar-refractivity contribution in [1.82, 2.24) is 4.72 Å². The standard InChI is InChI=1S/C14H20N3O2S.Cu/c1-9(2)8-16-20(18,19)12-7-5-6-11-10(3)17-14(15-4)13(11)12;/h5-7,9-10,16H,8H2,1-4H3;/q-1;+1. The van der Waals surface area contributed by atoms with Gasteiger partial charge in [0, 0.05) is 6.54 Å². The first-order valence-corrected chi connectivity index (χ1v) is 8.15. The molecule has 0 amide bonds. The SMILES string of the molecule is CN=C1[N-]C(C)c2cccc(S(=O)(=O)NCC(C)C)c21.[Cu+]. The summed E-state index contributed by atoms with van der Waals surface area (Å²) < 4.78 is 27.6. The van der Waals surface area contributed by atoms with Gasteiger partial charge in [0.25, 0.3) is 0 Å². The molecule has 0 bridgehead atoms. The smallest absolute Gasteiger partial charge is 0.469 e. The Morgan fingerprint density at radius 2 is 2.05 bits per heavy atom. The zero-order valence-corrected chi connectivity index (χ0v) is 14.3. The first-order chi connectivity index (χ1) is 9.36. The van der Waals surface area contributed by atoms with Crippen LogP contribution in [0, 0.1) is 5.92 Å². The fourth-order valence-corrected chi connectivity index (χ4v) is 3.64. The van der Waals surface area contributed by atoms with Crippen molar-refractivity contribution in [3.63, 3.8) is 0 Å². The minimum absolute atomic E-state index is 0. The summed E-state index contributed by atoms with van der Waals surface area (Å²) in [6, 6.07) is 5.22. The van der Waals surface area contributed by atoms with Gasteiger partial charge < -0.3 is 10.3 Å². The minimum Gasteiger partial charge on any atom is -0.469 e. The van der Waals surface area contributed by atoms with Crippen molar-refractivity contribution in [2.45, 2.75) is 31.7 Å². The average molecular weight is 358 g/mol. The molecule has 1 aromatic rings. The molecular weight excluding hydrogens is 338 g/mol. The molecule has 0 spiro atoms. The van der Waals surface area contributed by atoms with Crippen LogP contribution < -0.4 is 4.72 Å². The van der Waals surface area contributed by atoms with Crippen LogP contribution >= 0.6 is 0 Å². The van der Waals surface area contributed by atoms with E-state index in [9.17, 15) is 8.42 Å². The Bertz CT molecular complexity index is 642. The largest absolute Gasteiger partial charge is 1.00 e. The number of sulfonamides is 1. The number of nitrogens with zero attached hydrogens (tertiary/aromatic N) is 2. The molecule has 1 N–H and O–H groups in total. The van der Waals surface area contributed by atoms with Gasteiger partial charge in [-0.2, -0.15) is 0 Å². The molecule has 7 heteroatoms. The summed E-state index contributed by atoms with van der Waals surface area (Å²) in [4.78, 5) is 4.37. The molecule has 2 rings (SSSR count). The Hall–Kier alpha value is -0.881. The van der Waals surface area contributed by atoms with Crippen LogP contribution in [0.5, 0.6) is 0 Å². The van der Waals surface area contributed by atoms with Crippen LogP contribution in [0.25, 0.3) is 5.32 Å². The van der Waals surface area contributed by atoms with Crippen molar-refractivity contribution >= 4 is 15.9 Å². The number of benzene rings is 1. The molecule has 120 valence electrons. The Balaban J connectivity index is 0.00000220. The fourth-order valence-electron chi connectivity index (χ4n) is 2.20. The van der Waals surface area contributed by atoms with Gasteiger partial charge in [-0.3, -0.25) is 0 Å². The molecule has 1 atom stereocenters. The van der Waals surface area contributed by atoms with E-state index in [2.05, 4.69) is 15.0 Å². The van der Waals surface area contributed by atoms with Crippen molar-refractivity contribution in [2.75, 3.05) is 13.6 Å². The molecule has 1 unspecified atom stereocenters. The minimum atomic E-state index is -3.54. The summed E-state index contributed by atoms with van der Waals surface area (Å²) in [5.74, 6) is 0.766. The van der Waals surface area contributed by atoms with Crippen LogP contribution in [0.1, 0.15) is 37.9 Å². The third-order valence-electron chi connectivity index (χ3n) is 3.23. The van der Waals surface area contributed by atoms with Crippen LogP contribution in [0.4, 0.5) is 0 Å². The molecule has 1 aromatic carbocycles. The Morgan fingerprint density at radius 3 is 2.62 bits per heavy atom. The molecular formula is C14H20CuN3O2S. The zero-order chi connectivity index (χ0) is 14.9. The van der Waals surface area contributed by atoms with Gasteiger partial charge in [-0.25, -0.2) is 13.1 Å². The summed E-state index contributed by atoms with van der Waals surface area (Å²) in [6.07, 6.45) is 0. The fraction of sp³-hybridized carbons (Fsp3) is 0.500. The maximum Gasteiger partial charge on any atom is 1.00 e. The second-order valence-electron chi connectivity index (χ2n) is 5.32. The van der Waals surface area contributed by atoms with Gasteiger partial charge in [0.1, 0.15) is 0 Å². The van der Waals surface area contributed by atoms with E-state index in [1.807, 2.05) is 26.8 Å². The third-order valence-corrected chi connectivity index (χ3v) is 4.70. The monoisotopic (exact) mass is 357 g/mol. The van der Waals surface area contributed by atoms with Crippen molar-refractivity contribution < 1.29 is 25.5 Å². The van der Waals surface area contributed by atoms with Crippen molar-refractivity contribution in [3.8, 4) is 0 Å². The maximum atomic E-state index is 12.5. The summed E-state index contributed by atoms with van der Waals surface area (Å²) in [7, 11) is -1.91. The van der Waals surface area contributed by atoms with Crippen molar-refractivity contribution in [3.05, 3.63) is 34.6 Å². The molecule has 0 saturated carbocycles. The third kappa shape index (κ3) is 3.66. The Morgan fingerprint density at radius 1 is 1.38 bits per heavy atom. The van der Waals surface area contributed by atoms with Gasteiger partial charge in [0.05, 0.1) is 4.90 Å². The number of hydrogen-bond acceptors (Lipinski definition) is 3. The Kier molecular flexibility index (Phi) is 5.99. The molecule has 21 heavy (non-hydrogen) atoms.